The molecule has 164 valence electrons. The summed E-state index contributed by atoms with van der Waals surface area (Å²) in [7, 11) is 0. The highest BCUT2D eigenvalue weighted by atomic mass is 19.1. The van der Waals surface area contributed by atoms with Gasteiger partial charge >= 0.3 is 0 Å². The minimum absolute atomic E-state index is 0.275. The smallest absolute Gasteiger partial charge is 0.139 e. The maximum Gasteiger partial charge on any atom is 0.139 e. The van der Waals surface area contributed by atoms with E-state index in [1.165, 1.54) is 5.56 Å². The molecule has 0 fully saturated rings. The van der Waals surface area contributed by atoms with Crippen LogP contribution in [-0.2, 0) is 6.42 Å². The minimum Gasteiger partial charge on any atom is -0.494 e. The van der Waals surface area contributed by atoms with E-state index in [2.05, 4.69) is 11.8 Å². The molecule has 0 heterocycles. The second-order valence-electron chi connectivity index (χ2n) is 8.00. The standard InChI is InChI=1S/C31H27FO/c1-4-24-20-28(27-11-6-22(3)7-12-27)21-31(32)30(24)19-10-23-8-13-25(14-9-23)26-15-17-29(18-16-26)33-5-2/h6-9,11-18,20-21H,4-5H2,1-3H3. The van der Waals surface area contributed by atoms with Gasteiger partial charge in [-0.15, -0.1) is 0 Å². The molecule has 0 saturated carbocycles. The van der Waals surface area contributed by atoms with E-state index in [4.69, 9.17) is 4.74 Å². The molecule has 0 aliphatic heterocycles. The summed E-state index contributed by atoms with van der Waals surface area (Å²) in [6.07, 6.45) is 0.720. The number of ether oxygens (including phenoxy) is 1. The summed E-state index contributed by atoms with van der Waals surface area (Å²) in [6.45, 7) is 6.71. The van der Waals surface area contributed by atoms with Crippen LogP contribution in [-0.4, -0.2) is 6.61 Å². The molecule has 0 amide bonds. The fourth-order valence-electron chi connectivity index (χ4n) is 3.79. The molecule has 2 heteroatoms. The van der Waals surface area contributed by atoms with Crippen molar-refractivity contribution >= 4 is 0 Å². The van der Waals surface area contributed by atoms with Crippen LogP contribution >= 0.6 is 0 Å². The molecule has 0 spiro atoms. The zero-order valence-corrected chi connectivity index (χ0v) is 19.3. The lowest BCUT2D eigenvalue weighted by Crippen LogP contribution is -1.95. The normalized spacial score (nSPS) is 10.4. The van der Waals surface area contributed by atoms with Gasteiger partial charge in [0.15, 0.2) is 0 Å². The van der Waals surface area contributed by atoms with E-state index in [0.717, 1.165) is 45.6 Å². The molecule has 4 aromatic carbocycles. The number of aryl methyl sites for hydroxylation is 2. The lowest BCUT2D eigenvalue weighted by atomic mass is 9.96. The summed E-state index contributed by atoms with van der Waals surface area (Å²) in [5.74, 6) is 6.81. The van der Waals surface area contributed by atoms with Crippen LogP contribution < -0.4 is 4.74 Å². The summed E-state index contributed by atoms with van der Waals surface area (Å²) >= 11 is 0. The summed E-state index contributed by atoms with van der Waals surface area (Å²) < 4.78 is 20.5. The van der Waals surface area contributed by atoms with Crippen LogP contribution in [0.5, 0.6) is 5.75 Å². The van der Waals surface area contributed by atoms with E-state index >= 15 is 4.39 Å². The first-order valence-corrected chi connectivity index (χ1v) is 11.3. The Hall–Kier alpha value is -3.83. The van der Waals surface area contributed by atoms with Crippen molar-refractivity contribution in [1.29, 1.82) is 0 Å². The van der Waals surface area contributed by atoms with E-state index in [-0.39, 0.29) is 5.82 Å². The Morgan fingerprint density at radius 1 is 0.697 bits per heavy atom. The van der Waals surface area contributed by atoms with Gasteiger partial charge in [0.2, 0.25) is 0 Å². The van der Waals surface area contributed by atoms with Crippen LogP contribution in [0.3, 0.4) is 0 Å². The van der Waals surface area contributed by atoms with E-state index in [9.17, 15) is 0 Å². The molecular formula is C31H27FO. The first-order valence-electron chi connectivity index (χ1n) is 11.3. The van der Waals surface area contributed by atoms with Crippen molar-refractivity contribution < 1.29 is 9.13 Å². The number of hydrogen-bond acceptors (Lipinski definition) is 1. The molecule has 0 aromatic heterocycles. The fourth-order valence-corrected chi connectivity index (χ4v) is 3.79. The average molecular weight is 435 g/mol. The first-order chi connectivity index (χ1) is 16.1. The second kappa shape index (κ2) is 10.2. The van der Waals surface area contributed by atoms with Gasteiger partial charge < -0.3 is 4.74 Å². The maximum atomic E-state index is 15.0. The minimum atomic E-state index is -0.275. The molecule has 1 nitrogen and oxygen atoms in total. The molecular weight excluding hydrogens is 407 g/mol. The van der Waals surface area contributed by atoms with Crippen molar-refractivity contribution in [2.75, 3.05) is 6.61 Å². The van der Waals surface area contributed by atoms with Gasteiger partial charge in [0, 0.05) is 5.56 Å². The van der Waals surface area contributed by atoms with Crippen molar-refractivity contribution in [2.24, 2.45) is 0 Å². The van der Waals surface area contributed by atoms with Crippen LogP contribution in [0.25, 0.3) is 22.3 Å². The molecule has 0 aliphatic rings. The van der Waals surface area contributed by atoms with Crippen molar-refractivity contribution in [1.82, 2.24) is 0 Å². The van der Waals surface area contributed by atoms with Crippen LogP contribution in [0, 0.1) is 24.6 Å². The summed E-state index contributed by atoms with van der Waals surface area (Å²) in [5.41, 5.74) is 7.55. The summed E-state index contributed by atoms with van der Waals surface area (Å²) in [4.78, 5) is 0. The summed E-state index contributed by atoms with van der Waals surface area (Å²) in [5, 5.41) is 0. The first kappa shape index (κ1) is 22.4. The largest absolute Gasteiger partial charge is 0.494 e. The van der Waals surface area contributed by atoms with Gasteiger partial charge in [0.05, 0.1) is 12.2 Å². The highest BCUT2D eigenvalue weighted by Crippen LogP contribution is 2.26. The Labute approximate surface area is 195 Å². The molecule has 0 saturated heterocycles. The number of benzene rings is 4. The monoisotopic (exact) mass is 434 g/mol. The molecule has 0 bridgehead atoms. The van der Waals surface area contributed by atoms with Gasteiger partial charge in [0.25, 0.3) is 0 Å². The number of hydrogen-bond donors (Lipinski definition) is 0. The molecule has 0 atom stereocenters. The maximum absolute atomic E-state index is 15.0. The zero-order chi connectivity index (χ0) is 23.2. The van der Waals surface area contributed by atoms with Crippen LogP contribution in [0.4, 0.5) is 4.39 Å². The fraction of sp³-hybridized carbons (Fsp3) is 0.161. The third-order valence-corrected chi connectivity index (χ3v) is 5.65. The van der Waals surface area contributed by atoms with E-state index < -0.39 is 0 Å². The molecule has 0 unspecified atom stereocenters. The predicted octanol–water partition coefficient (Wildman–Crippen LogP) is 7.83. The predicted molar refractivity (Wildman–Crippen MR) is 135 cm³/mol. The Bertz CT molecular complexity index is 1290. The second-order valence-corrected chi connectivity index (χ2v) is 8.00. The van der Waals surface area contributed by atoms with Gasteiger partial charge in [-0.25, -0.2) is 4.39 Å². The highest BCUT2D eigenvalue weighted by Gasteiger charge is 2.10. The van der Waals surface area contributed by atoms with Crippen molar-refractivity contribution in [3.63, 3.8) is 0 Å². The molecule has 4 rings (SSSR count). The Morgan fingerprint density at radius 2 is 1.27 bits per heavy atom. The van der Waals surface area contributed by atoms with Crippen molar-refractivity contribution in [2.45, 2.75) is 27.2 Å². The van der Waals surface area contributed by atoms with E-state index in [0.29, 0.717) is 12.2 Å². The highest BCUT2D eigenvalue weighted by molar-refractivity contribution is 5.68. The van der Waals surface area contributed by atoms with Crippen LogP contribution in [0.2, 0.25) is 0 Å². The van der Waals surface area contributed by atoms with E-state index in [1.54, 1.807) is 6.07 Å². The lowest BCUT2D eigenvalue weighted by molar-refractivity contribution is 0.340. The average Bonchev–Trinajstić information content (AvgIpc) is 2.84. The Kier molecular flexibility index (Phi) is 6.91. The molecule has 0 radical (unpaired) electrons. The lowest BCUT2D eigenvalue weighted by Gasteiger charge is -2.09. The Balaban J connectivity index is 1.57. The van der Waals surface area contributed by atoms with Crippen molar-refractivity contribution in [3.05, 3.63) is 113 Å². The van der Waals surface area contributed by atoms with Gasteiger partial charge in [-0.3, -0.25) is 0 Å². The summed E-state index contributed by atoms with van der Waals surface area (Å²) in [6, 6.07) is 27.9. The van der Waals surface area contributed by atoms with Crippen molar-refractivity contribution in [3.8, 4) is 39.8 Å². The molecule has 0 N–H and O–H groups in total. The third kappa shape index (κ3) is 5.33. The number of halogens is 1. The molecule has 4 aromatic rings. The quantitative estimate of drug-likeness (QED) is 0.291. The van der Waals surface area contributed by atoms with Crippen LogP contribution in [0.1, 0.15) is 36.1 Å². The third-order valence-electron chi connectivity index (χ3n) is 5.65. The van der Waals surface area contributed by atoms with E-state index in [1.807, 2.05) is 99.6 Å². The topological polar surface area (TPSA) is 9.23 Å². The Morgan fingerprint density at radius 3 is 1.88 bits per heavy atom. The molecule has 33 heavy (non-hydrogen) atoms. The SMILES string of the molecule is CCOc1ccc(-c2ccc(C#Cc3c(F)cc(-c4ccc(C)cc4)cc3CC)cc2)cc1. The van der Waals surface area contributed by atoms with Gasteiger partial charge in [-0.05, 0) is 84.5 Å². The van der Waals surface area contributed by atoms with Crippen LogP contribution in [0.15, 0.2) is 84.9 Å². The van der Waals surface area contributed by atoms with Gasteiger partial charge in [-0.1, -0.05) is 72.9 Å². The molecule has 0 aliphatic carbocycles. The number of rotatable bonds is 5. The van der Waals surface area contributed by atoms with Gasteiger partial charge in [-0.2, -0.15) is 0 Å². The van der Waals surface area contributed by atoms with Gasteiger partial charge in [0.1, 0.15) is 11.6 Å². The zero-order valence-electron chi connectivity index (χ0n) is 19.3.